The Balaban J connectivity index is 1.57. The molecule has 4 nitrogen and oxygen atoms in total. The highest BCUT2D eigenvalue weighted by Gasteiger charge is 2.33. The van der Waals surface area contributed by atoms with Crippen molar-refractivity contribution in [3.05, 3.63) is 89.5 Å². The monoisotopic (exact) mass is 353 g/mol. The third-order valence-corrected chi connectivity index (χ3v) is 5.00. The molecular formula is C23H19N3O. The molecule has 27 heavy (non-hydrogen) atoms. The van der Waals surface area contributed by atoms with Gasteiger partial charge in [0.1, 0.15) is 17.7 Å². The predicted octanol–water partition coefficient (Wildman–Crippen LogP) is 4.65. The Labute approximate surface area is 158 Å². The summed E-state index contributed by atoms with van der Waals surface area (Å²) < 4.78 is 6.08. The van der Waals surface area contributed by atoms with Crippen LogP contribution < -0.4 is 4.74 Å². The summed E-state index contributed by atoms with van der Waals surface area (Å²) in [4.78, 5) is 13.8. The maximum atomic E-state index is 6.08. The van der Waals surface area contributed by atoms with Gasteiger partial charge in [-0.05, 0) is 26.0 Å². The Bertz CT molecular complexity index is 1090. The van der Waals surface area contributed by atoms with Gasteiger partial charge in [-0.2, -0.15) is 0 Å². The summed E-state index contributed by atoms with van der Waals surface area (Å²) >= 11 is 0. The van der Waals surface area contributed by atoms with Crippen molar-refractivity contribution in [2.45, 2.75) is 25.9 Å². The first-order valence-corrected chi connectivity index (χ1v) is 9.13. The third kappa shape index (κ3) is 2.83. The molecule has 0 saturated heterocycles. The van der Waals surface area contributed by atoms with E-state index in [1.165, 1.54) is 11.1 Å². The normalized spacial score (nSPS) is 19.9. The van der Waals surface area contributed by atoms with Crippen LogP contribution in [0.4, 0.5) is 0 Å². The Morgan fingerprint density at radius 2 is 1.70 bits per heavy atom. The fourth-order valence-corrected chi connectivity index (χ4v) is 3.70. The minimum absolute atomic E-state index is 0.0436. The molecule has 1 aromatic heterocycles. The zero-order chi connectivity index (χ0) is 18.4. The van der Waals surface area contributed by atoms with Crippen molar-refractivity contribution in [2.24, 2.45) is 0 Å². The van der Waals surface area contributed by atoms with Gasteiger partial charge in [-0.25, -0.2) is 15.0 Å². The molecule has 1 aliphatic heterocycles. The molecule has 0 fully saturated rings. The molecule has 2 heterocycles. The molecule has 4 heteroatoms. The van der Waals surface area contributed by atoms with E-state index in [9.17, 15) is 0 Å². The Kier molecular flexibility index (Phi) is 3.64. The third-order valence-electron chi connectivity index (χ3n) is 5.00. The fraction of sp³-hybridized carbons (Fsp3) is 0.174. The average Bonchev–Trinajstić information content (AvgIpc) is 3.05. The summed E-state index contributed by atoms with van der Waals surface area (Å²) in [6, 6.07) is 16.4. The van der Waals surface area contributed by atoms with Crippen LogP contribution in [0.3, 0.4) is 0 Å². The van der Waals surface area contributed by atoms with Crippen LogP contribution in [0.1, 0.15) is 28.7 Å². The lowest BCUT2D eigenvalue weighted by molar-refractivity contribution is 0.269. The molecule has 2 aromatic carbocycles. The molecule has 0 saturated carbocycles. The van der Waals surface area contributed by atoms with Gasteiger partial charge in [0.2, 0.25) is 0 Å². The van der Waals surface area contributed by atoms with Gasteiger partial charge in [-0.1, -0.05) is 60.2 Å². The molecule has 3 aromatic rings. The van der Waals surface area contributed by atoms with Crippen LogP contribution in [0, 0.1) is 13.8 Å². The number of allylic oxidation sites excluding steroid dienone is 2. The number of hydrogen-bond acceptors (Lipinski definition) is 4. The lowest BCUT2D eigenvalue weighted by atomic mass is 9.88. The van der Waals surface area contributed by atoms with E-state index in [0.29, 0.717) is 17.5 Å². The molecule has 0 radical (unpaired) electrons. The Morgan fingerprint density at radius 3 is 2.56 bits per heavy atom. The standard InChI is InChI=1S/C23H19N3O/c1-14-8-10-20-18(12-14)19-13-17(9-11-21(19)27-20)23-25-15(2)24-22(26-23)16-6-4-3-5-7-16/h3-13,19,21H,1-2H3. The van der Waals surface area contributed by atoms with Crippen LogP contribution in [-0.2, 0) is 0 Å². The maximum absolute atomic E-state index is 6.08. The van der Waals surface area contributed by atoms with E-state index in [4.69, 9.17) is 9.72 Å². The molecule has 2 aliphatic rings. The highest BCUT2D eigenvalue weighted by molar-refractivity contribution is 5.74. The molecule has 5 rings (SSSR count). The van der Waals surface area contributed by atoms with Gasteiger partial charge < -0.3 is 4.74 Å². The van der Waals surface area contributed by atoms with Gasteiger partial charge in [0, 0.05) is 22.6 Å². The first-order chi connectivity index (χ1) is 13.2. The zero-order valence-corrected chi connectivity index (χ0v) is 15.3. The van der Waals surface area contributed by atoms with Gasteiger partial charge in [0.25, 0.3) is 0 Å². The highest BCUT2D eigenvalue weighted by Crippen LogP contribution is 2.43. The van der Waals surface area contributed by atoms with Gasteiger partial charge >= 0.3 is 0 Å². The predicted molar refractivity (Wildman–Crippen MR) is 105 cm³/mol. The van der Waals surface area contributed by atoms with Crippen LogP contribution in [0.15, 0.2) is 66.8 Å². The van der Waals surface area contributed by atoms with E-state index in [1.54, 1.807) is 0 Å². The molecule has 0 spiro atoms. The van der Waals surface area contributed by atoms with Crippen molar-refractivity contribution in [3.63, 3.8) is 0 Å². The second kappa shape index (κ2) is 6.16. The molecule has 0 amide bonds. The van der Waals surface area contributed by atoms with E-state index in [0.717, 1.165) is 16.9 Å². The minimum Gasteiger partial charge on any atom is -0.485 e. The second-order valence-electron chi connectivity index (χ2n) is 7.03. The van der Waals surface area contributed by atoms with E-state index in [1.807, 2.05) is 37.3 Å². The summed E-state index contributed by atoms with van der Waals surface area (Å²) in [5, 5.41) is 0. The summed E-state index contributed by atoms with van der Waals surface area (Å²) in [7, 11) is 0. The maximum Gasteiger partial charge on any atom is 0.163 e. The number of fused-ring (bicyclic) bond motifs is 3. The number of ether oxygens (including phenoxy) is 1. The van der Waals surface area contributed by atoms with Crippen molar-refractivity contribution < 1.29 is 4.74 Å². The molecule has 1 aliphatic carbocycles. The zero-order valence-electron chi connectivity index (χ0n) is 15.3. The Hall–Kier alpha value is -3.27. The summed E-state index contributed by atoms with van der Waals surface area (Å²) in [6.07, 6.45) is 6.43. The number of benzene rings is 2. The van der Waals surface area contributed by atoms with Crippen LogP contribution in [0.25, 0.3) is 17.0 Å². The van der Waals surface area contributed by atoms with Crippen LogP contribution in [0.2, 0.25) is 0 Å². The second-order valence-corrected chi connectivity index (χ2v) is 7.03. The molecule has 2 atom stereocenters. The molecule has 2 unspecified atom stereocenters. The summed E-state index contributed by atoms with van der Waals surface area (Å²) in [5.74, 6) is 3.28. The largest absolute Gasteiger partial charge is 0.485 e. The number of rotatable bonds is 2. The summed E-state index contributed by atoms with van der Waals surface area (Å²) in [6.45, 7) is 4.02. The number of aryl methyl sites for hydroxylation is 2. The van der Waals surface area contributed by atoms with E-state index in [-0.39, 0.29) is 12.0 Å². The fourth-order valence-electron chi connectivity index (χ4n) is 3.70. The first-order valence-electron chi connectivity index (χ1n) is 9.13. The van der Waals surface area contributed by atoms with Crippen LogP contribution >= 0.6 is 0 Å². The topological polar surface area (TPSA) is 47.9 Å². The lowest BCUT2D eigenvalue weighted by Crippen LogP contribution is -2.17. The van der Waals surface area contributed by atoms with Crippen LogP contribution in [-0.4, -0.2) is 21.1 Å². The smallest absolute Gasteiger partial charge is 0.163 e. The van der Waals surface area contributed by atoms with Crippen molar-refractivity contribution in [3.8, 4) is 17.1 Å². The number of aromatic nitrogens is 3. The van der Waals surface area contributed by atoms with Crippen LogP contribution in [0.5, 0.6) is 5.75 Å². The molecule has 0 N–H and O–H groups in total. The number of hydrogen-bond donors (Lipinski definition) is 0. The van der Waals surface area contributed by atoms with E-state index >= 15 is 0 Å². The molecule has 0 bridgehead atoms. The van der Waals surface area contributed by atoms with E-state index in [2.05, 4.69) is 53.3 Å². The van der Waals surface area contributed by atoms with Crippen molar-refractivity contribution >= 4 is 5.57 Å². The molecule has 132 valence electrons. The Morgan fingerprint density at radius 1 is 0.889 bits per heavy atom. The first kappa shape index (κ1) is 15.9. The lowest BCUT2D eigenvalue weighted by Gasteiger charge is -2.18. The SMILES string of the molecule is Cc1ccc2c(c1)C1C=C(c3nc(C)nc(-c4ccccc4)n3)C=CC1O2. The van der Waals surface area contributed by atoms with Crippen molar-refractivity contribution in [1.82, 2.24) is 15.0 Å². The van der Waals surface area contributed by atoms with Gasteiger partial charge in [0.05, 0.1) is 0 Å². The average molecular weight is 353 g/mol. The van der Waals surface area contributed by atoms with Crippen molar-refractivity contribution in [1.29, 1.82) is 0 Å². The quantitative estimate of drug-likeness (QED) is 0.673. The van der Waals surface area contributed by atoms with E-state index < -0.39 is 0 Å². The highest BCUT2D eigenvalue weighted by atomic mass is 16.5. The number of nitrogens with zero attached hydrogens (tertiary/aromatic N) is 3. The minimum atomic E-state index is 0.0436. The van der Waals surface area contributed by atoms with Crippen molar-refractivity contribution in [2.75, 3.05) is 0 Å². The molecular weight excluding hydrogens is 334 g/mol. The van der Waals surface area contributed by atoms with Gasteiger partial charge in [-0.3, -0.25) is 0 Å². The van der Waals surface area contributed by atoms with Gasteiger partial charge in [0.15, 0.2) is 11.6 Å². The summed E-state index contributed by atoms with van der Waals surface area (Å²) in [5.41, 5.74) is 4.48. The van der Waals surface area contributed by atoms with Gasteiger partial charge in [-0.15, -0.1) is 0 Å².